The van der Waals surface area contributed by atoms with E-state index in [4.69, 9.17) is 28.9 Å². The first-order valence-electron chi connectivity index (χ1n) is 14.8. The minimum absolute atomic E-state index is 0.00923. The number of likely N-dealkylation sites (tertiary alicyclic amines) is 2. The number of nitrogens with zero attached hydrogens (tertiary/aromatic N) is 5. The monoisotopic (exact) mass is 624 g/mol. The Morgan fingerprint density at radius 1 is 0.977 bits per heavy atom. The molecule has 2 N–H and O–H groups in total. The van der Waals surface area contributed by atoms with E-state index in [1.165, 1.54) is 12.1 Å². The number of nitrogen functional groups attached to an aromatic ring is 1. The number of carbonyl (C=O) groups excluding carboxylic acids is 1. The Morgan fingerprint density at radius 3 is 2.42 bits per heavy atom. The predicted molar refractivity (Wildman–Crippen MR) is 168 cm³/mol. The number of nitrogens with two attached hydrogens (primary N) is 1. The van der Waals surface area contributed by atoms with Gasteiger partial charge in [0, 0.05) is 37.8 Å². The van der Waals surface area contributed by atoms with E-state index >= 15 is 0 Å². The topological polar surface area (TPSA) is 89.4 Å². The van der Waals surface area contributed by atoms with Crippen LogP contribution in [0.2, 0.25) is 10.0 Å². The molecular weight excluding hydrogens is 590 g/mol. The molecule has 1 unspecified atom stereocenters. The molecule has 2 aromatic heterocycles. The number of benzene rings is 2. The third-order valence-corrected chi connectivity index (χ3v) is 9.75. The minimum atomic E-state index is -0.406. The summed E-state index contributed by atoms with van der Waals surface area (Å²) in [5.74, 6) is 0.327. The molecule has 1 amide bonds. The fourth-order valence-corrected chi connectivity index (χ4v) is 6.96. The number of pyridine rings is 1. The maximum atomic E-state index is 14.4. The number of halogens is 3. The van der Waals surface area contributed by atoms with Gasteiger partial charge in [-0.1, -0.05) is 29.3 Å². The zero-order valence-corrected chi connectivity index (χ0v) is 25.6. The largest absolute Gasteiger partial charge is 0.384 e. The summed E-state index contributed by atoms with van der Waals surface area (Å²) in [5, 5.41) is 0.830. The molecule has 226 valence electrons. The van der Waals surface area contributed by atoms with Crippen LogP contribution >= 0.6 is 23.2 Å². The highest BCUT2D eigenvalue weighted by molar-refractivity contribution is 6.42. The zero-order chi connectivity index (χ0) is 30.2. The fourth-order valence-electron chi connectivity index (χ4n) is 6.66. The molecule has 1 atom stereocenters. The van der Waals surface area contributed by atoms with Gasteiger partial charge in [0.25, 0.3) is 0 Å². The molecule has 6 rings (SSSR count). The summed E-state index contributed by atoms with van der Waals surface area (Å²) in [6, 6.07) is 13.1. The van der Waals surface area contributed by atoms with Crippen LogP contribution in [0.4, 0.5) is 10.2 Å². The van der Waals surface area contributed by atoms with E-state index < -0.39 is 11.9 Å². The van der Waals surface area contributed by atoms with Crippen LogP contribution in [0.1, 0.15) is 55.8 Å². The number of carbonyl (C=O) groups is 1. The van der Waals surface area contributed by atoms with Gasteiger partial charge in [-0.2, -0.15) is 0 Å². The van der Waals surface area contributed by atoms with Crippen LogP contribution in [0, 0.1) is 11.7 Å². The first kappa shape index (κ1) is 29.7. The summed E-state index contributed by atoms with van der Waals surface area (Å²) in [6.45, 7) is 5.59. The van der Waals surface area contributed by atoms with Crippen LogP contribution < -0.4 is 11.4 Å². The molecule has 8 nitrogen and oxygen atoms in total. The summed E-state index contributed by atoms with van der Waals surface area (Å²) < 4.78 is 17.8. The van der Waals surface area contributed by atoms with E-state index in [1.54, 1.807) is 33.5 Å². The zero-order valence-electron chi connectivity index (χ0n) is 24.1. The first-order valence-corrected chi connectivity index (χ1v) is 15.5. The summed E-state index contributed by atoms with van der Waals surface area (Å²) in [7, 11) is 0. The second-order valence-electron chi connectivity index (χ2n) is 11.7. The Labute approximate surface area is 259 Å². The molecule has 11 heteroatoms. The van der Waals surface area contributed by atoms with Gasteiger partial charge < -0.3 is 10.6 Å². The number of anilines is 1. The Morgan fingerprint density at radius 2 is 1.72 bits per heavy atom. The van der Waals surface area contributed by atoms with E-state index in [2.05, 4.69) is 9.88 Å². The van der Waals surface area contributed by atoms with Crippen molar-refractivity contribution in [3.05, 3.63) is 92.2 Å². The van der Waals surface area contributed by atoms with Gasteiger partial charge in [-0.05, 0) is 99.3 Å². The molecule has 2 fully saturated rings. The molecular formula is C32H35Cl2FN6O2. The number of piperidine rings is 2. The summed E-state index contributed by atoms with van der Waals surface area (Å²) in [4.78, 5) is 35.8. The van der Waals surface area contributed by atoms with E-state index in [0.717, 1.165) is 43.6 Å². The van der Waals surface area contributed by atoms with Gasteiger partial charge in [0.2, 0.25) is 5.91 Å². The maximum absolute atomic E-state index is 14.4. The normalized spacial score (nSPS) is 17.9. The second-order valence-corrected chi connectivity index (χ2v) is 12.5. The fraction of sp³-hybridized carbons (Fsp3) is 0.406. The van der Waals surface area contributed by atoms with Crippen molar-refractivity contribution in [2.75, 3.05) is 31.9 Å². The van der Waals surface area contributed by atoms with E-state index in [9.17, 15) is 14.0 Å². The van der Waals surface area contributed by atoms with Crippen molar-refractivity contribution in [3.63, 3.8) is 0 Å². The second kappa shape index (κ2) is 12.3. The van der Waals surface area contributed by atoms with Crippen molar-refractivity contribution in [1.82, 2.24) is 23.9 Å². The first-order chi connectivity index (χ1) is 20.7. The smallest absolute Gasteiger partial charge is 0.329 e. The quantitative estimate of drug-likeness (QED) is 0.288. The lowest BCUT2D eigenvalue weighted by Crippen LogP contribution is -2.46. The van der Waals surface area contributed by atoms with Crippen LogP contribution in [0.3, 0.4) is 0 Å². The summed E-state index contributed by atoms with van der Waals surface area (Å²) in [5.41, 5.74) is 8.77. The van der Waals surface area contributed by atoms with E-state index in [0.29, 0.717) is 52.8 Å². The van der Waals surface area contributed by atoms with Gasteiger partial charge in [-0.15, -0.1) is 0 Å². The highest BCUT2D eigenvalue weighted by atomic mass is 35.5. The SMILES string of the molecule is CC(c1ccc(Cl)c(Cl)c1)n1c(=O)n(C2CCN(C(=O)C3CCN(Cc4ccnc(N)c4)CC3)CC2)c2ccc(F)cc21. The molecule has 0 radical (unpaired) electrons. The Bertz CT molecular complexity index is 1710. The minimum Gasteiger partial charge on any atom is -0.384 e. The van der Waals surface area contributed by atoms with Crippen molar-refractivity contribution in [2.45, 2.75) is 51.2 Å². The number of amides is 1. The molecule has 0 bridgehead atoms. The van der Waals surface area contributed by atoms with Crippen LogP contribution in [0.15, 0.2) is 59.5 Å². The number of rotatable bonds is 6. The van der Waals surface area contributed by atoms with Gasteiger partial charge in [-0.25, -0.2) is 14.2 Å². The van der Waals surface area contributed by atoms with Crippen LogP contribution in [0.5, 0.6) is 0 Å². The van der Waals surface area contributed by atoms with Gasteiger partial charge in [0.15, 0.2) is 0 Å². The third kappa shape index (κ3) is 6.03. The number of fused-ring (bicyclic) bond motifs is 1. The molecule has 4 aromatic rings. The number of imidazole rings is 1. The number of aromatic nitrogens is 3. The lowest BCUT2D eigenvalue weighted by molar-refractivity contribution is -0.138. The Kier molecular flexibility index (Phi) is 8.49. The van der Waals surface area contributed by atoms with Crippen molar-refractivity contribution in [3.8, 4) is 0 Å². The molecule has 2 aliphatic rings. The summed E-state index contributed by atoms with van der Waals surface area (Å²) in [6.07, 6.45) is 4.69. The Hall–Kier alpha value is -3.40. The molecule has 4 heterocycles. The molecule has 2 aromatic carbocycles. The van der Waals surface area contributed by atoms with Gasteiger partial charge in [-0.3, -0.25) is 18.8 Å². The summed E-state index contributed by atoms with van der Waals surface area (Å²) >= 11 is 12.4. The molecule has 43 heavy (non-hydrogen) atoms. The van der Waals surface area contributed by atoms with Crippen molar-refractivity contribution >= 4 is 46.0 Å². The van der Waals surface area contributed by atoms with Crippen LogP contribution in [0.25, 0.3) is 11.0 Å². The highest BCUT2D eigenvalue weighted by Crippen LogP contribution is 2.32. The number of hydrogen-bond donors (Lipinski definition) is 1. The van der Waals surface area contributed by atoms with Crippen LogP contribution in [-0.4, -0.2) is 56.0 Å². The molecule has 0 spiro atoms. The van der Waals surface area contributed by atoms with Gasteiger partial charge >= 0.3 is 5.69 Å². The molecule has 0 saturated carbocycles. The van der Waals surface area contributed by atoms with Gasteiger partial charge in [0.1, 0.15) is 11.6 Å². The maximum Gasteiger partial charge on any atom is 0.329 e. The lowest BCUT2D eigenvalue weighted by Gasteiger charge is -2.37. The molecule has 0 aliphatic carbocycles. The number of hydrogen-bond acceptors (Lipinski definition) is 5. The van der Waals surface area contributed by atoms with Crippen molar-refractivity contribution < 1.29 is 9.18 Å². The van der Waals surface area contributed by atoms with Crippen molar-refractivity contribution in [1.29, 1.82) is 0 Å². The lowest BCUT2D eigenvalue weighted by atomic mass is 9.93. The van der Waals surface area contributed by atoms with Gasteiger partial charge in [0.05, 0.1) is 27.1 Å². The van der Waals surface area contributed by atoms with E-state index in [-0.39, 0.29) is 23.6 Å². The highest BCUT2D eigenvalue weighted by Gasteiger charge is 2.33. The molecule has 2 aliphatic heterocycles. The Balaban J connectivity index is 1.14. The predicted octanol–water partition coefficient (Wildman–Crippen LogP) is 5.91. The van der Waals surface area contributed by atoms with Crippen LogP contribution in [-0.2, 0) is 11.3 Å². The average Bonchev–Trinajstić information content (AvgIpc) is 3.29. The standard InChI is InChI=1S/C32H35Cl2FN6O2/c1-20(23-2-4-26(33)27(34)17-23)40-29-18-24(35)3-5-28(29)41(32(40)43)25-9-14-39(15-10-25)31(42)22-7-12-38(13-8-22)19-21-6-11-37-30(36)16-21/h2-6,11,16-18,20,22,25H,7-10,12-15,19H2,1H3,(H2,36,37). The van der Waals surface area contributed by atoms with Crippen molar-refractivity contribution in [2.24, 2.45) is 5.92 Å². The third-order valence-electron chi connectivity index (χ3n) is 9.01. The van der Waals surface area contributed by atoms with E-state index in [1.807, 2.05) is 30.0 Å². The molecule has 2 saturated heterocycles. The average molecular weight is 626 g/mol.